The van der Waals surface area contributed by atoms with Gasteiger partial charge in [0.25, 0.3) is 0 Å². The Kier molecular flexibility index (Phi) is 5.30. The van der Waals surface area contributed by atoms with Gasteiger partial charge in [-0.3, -0.25) is 5.32 Å². The first-order chi connectivity index (χ1) is 14.0. The van der Waals surface area contributed by atoms with Gasteiger partial charge in [0.05, 0.1) is 16.3 Å². The van der Waals surface area contributed by atoms with Gasteiger partial charge in [0.15, 0.2) is 0 Å². The van der Waals surface area contributed by atoms with Crippen LogP contribution in [0.1, 0.15) is 27.4 Å². The molecular weight excluding hydrogens is 458 g/mol. The van der Waals surface area contributed by atoms with Crippen molar-refractivity contribution >= 4 is 45.3 Å². The van der Waals surface area contributed by atoms with Gasteiger partial charge in [-0.05, 0) is 50.3 Å². The van der Waals surface area contributed by atoms with Crippen molar-refractivity contribution in [2.24, 2.45) is 0 Å². The third kappa shape index (κ3) is 3.73. The highest BCUT2D eigenvalue weighted by molar-refractivity contribution is 9.10. The minimum Gasteiger partial charge on any atom is -0.478 e. The number of carboxylic acids is 1. The van der Waals surface area contributed by atoms with E-state index < -0.39 is 12.1 Å². The van der Waals surface area contributed by atoms with E-state index in [-0.39, 0.29) is 28.8 Å². The summed E-state index contributed by atoms with van der Waals surface area (Å²) < 4.78 is 5.88. The number of anilines is 1. The Hall–Kier alpha value is -2.83. The molecule has 1 aliphatic carbocycles. The van der Waals surface area contributed by atoms with Crippen LogP contribution in [0.25, 0.3) is 11.1 Å². The van der Waals surface area contributed by atoms with E-state index in [0.29, 0.717) is 4.47 Å². The van der Waals surface area contributed by atoms with E-state index >= 15 is 0 Å². The molecule has 29 heavy (non-hydrogen) atoms. The largest absolute Gasteiger partial charge is 0.478 e. The number of rotatable bonds is 4. The number of carboxylic acid groups (broad SMARTS) is 1. The zero-order valence-corrected chi connectivity index (χ0v) is 17.3. The molecule has 0 atom stereocenters. The highest BCUT2D eigenvalue weighted by atomic mass is 79.9. The number of benzene rings is 3. The first kappa shape index (κ1) is 19.5. The standard InChI is InChI=1S/C22H15BrClNO4/c23-18-9-16(21(26)27)20(10-19(18)24)25-22(28)29-11-17-14-7-3-1-5-12(14)13-6-2-4-8-15(13)17/h1-10,17H,11H2,(H,25,28)(H,26,27). The smallest absolute Gasteiger partial charge is 0.411 e. The molecule has 0 unspecified atom stereocenters. The van der Waals surface area contributed by atoms with E-state index in [0.717, 1.165) is 22.3 Å². The fourth-order valence-electron chi connectivity index (χ4n) is 3.57. The Balaban J connectivity index is 1.53. The molecule has 146 valence electrons. The van der Waals surface area contributed by atoms with Crippen LogP contribution in [0.4, 0.5) is 10.5 Å². The third-order valence-corrected chi connectivity index (χ3v) is 6.07. The van der Waals surface area contributed by atoms with Gasteiger partial charge in [-0.1, -0.05) is 60.1 Å². The Bertz CT molecular complexity index is 1090. The summed E-state index contributed by atoms with van der Waals surface area (Å²) in [4.78, 5) is 23.8. The number of hydrogen-bond donors (Lipinski definition) is 2. The average Bonchev–Trinajstić information content (AvgIpc) is 3.03. The Morgan fingerprint density at radius 3 is 2.21 bits per heavy atom. The quantitative estimate of drug-likeness (QED) is 0.477. The summed E-state index contributed by atoms with van der Waals surface area (Å²) in [6.07, 6.45) is -0.743. The first-order valence-electron chi connectivity index (χ1n) is 8.80. The van der Waals surface area contributed by atoms with Crippen molar-refractivity contribution in [1.29, 1.82) is 0 Å². The number of carbonyl (C=O) groups is 2. The summed E-state index contributed by atoms with van der Waals surface area (Å²) in [6.45, 7) is 0.131. The highest BCUT2D eigenvalue weighted by Crippen LogP contribution is 2.44. The predicted molar refractivity (Wildman–Crippen MR) is 115 cm³/mol. The topological polar surface area (TPSA) is 75.6 Å². The molecule has 0 fully saturated rings. The molecule has 4 rings (SSSR count). The number of aromatic carboxylic acids is 1. The Labute approximate surface area is 180 Å². The molecule has 1 aliphatic rings. The van der Waals surface area contributed by atoms with Gasteiger partial charge in [0.1, 0.15) is 6.61 Å². The minimum absolute atomic E-state index is 0.0722. The Morgan fingerprint density at radius 1 is 1.03 bits per heavy atom. The van der Waals surface area contributed by atoms with Crippen LogP contribution in [0.3, 0.4) is 0 Å². The lowest BCUT2D eigenvalue weighted by Gasteiger charge is -2.15. The van der Waals surface area contributed by atoms with Crippen molar-refractivity contribution in [3.05, 3.63) is 86.8 Å². The lowest BCUT2D eigenvalue weighted by atomic mass is 9.98. The van der Waals surface area contributed by atoms with Gasteiger partial charge in [-0.25, -0.2) is 9.59 Å². The molecule has 0 spiro atoms. The van der Waals surface area contributed by atoms with Crippen LogP contribution in [-0.2, 0) is 4.74 Å². The van der Waals surface area contributed by atoms with Crippen LogP contribution < -0.4 is 5.32 Å². The Morgan fingerprint density at radius 2 is 1.62 bits per heavy atom. The summed E-state index contributed by atoms with van der Waals surface area (Å²) in [5.74, 6) is -1.27. The van der Waals surface area contributed by atoms with Gasteiger partial charge < -0.3 is 9.84 Å². The molecule has 0 aromatic heterocycles. The van der Waals surface area contributed by atoms with Crippen molar-refractivity contribution in [3.8, 4) is 11.1 Å². The van der Waals surface area contributed by atoms with Gasteiger partial charge in [-0.15, -0.1) is 0 Å². The number of carbonyl (C=O) groups excluding carboxylic acids is 1. The predicted octanol–water partition coefficient (Wildman–Crippen LogP) is 6.16. The number of hydrogen-bond acceptors (Lipinski definition) is 3. The van der Waals surface area contributed by atoms with Crippen molar-refractivity contribution in [3.63, 3.8) is 0 Å². The third-order valence-electron chi connectivity index (χ3n) is 4.87. The molecular formula is C22H15BrClNO4. The van der Waals surface area contributed by atoms with E-state index in [2.05, 4.69) is 33.4 Å². The number of ether oxygens (including phenoxy) is 1. The molecule has 1 amide bonds. The van der Waals surface area contributed by atoms with Crippen molar-refractivity contribution < 1.29 is 19.4 Å². The van der Waals surface area contributed by atoms with Crippen molar-refractivity contribution in [2.45, 2.75) is 5.92 Å². The highest BCUT2D eigenvalue weighted by Gasteiger charge is 2.29. The maximum atomic E-state index is 12.4. The van der Waals surface area contributed by atoms with Crippen LogP contribution in [0.15, 0.2) is 65.1 Å². The molecule has 7 heteroatoms. The van der Waals surface area contributed by atoms with Gasteiger partial charge in [-0.2, -0.15) is 0 Å². The molecule has 0 saturated carbocycles. The van der Waals surface area contributed by atoms with Gasteiger partial charge in [0.2, 0.25) is 0 Å². The number of nitrogens with one attached hydrogen (secondary N) is 1. The SMILES string of the molecule is O=C(Nc1cc(Cl)c(Br)cc1C(=O)O)OCC1c2ccccc2-c2ccccc21. The average molecular weight is 473 g/mol. The van der Waals surface area contributed by atoms with Crippen LogP contribution >= 0.6 is 27.5 Å². The molecule has 0 heterocycles. The minimum atomic E-state index is -1.18. The zero-order chi connectivity index (χ0) is 20.5. The lowest BCUT2D eigenvalue weighted by Crippen LogP contribution is -2.19. The van der Waals surface area contributed by atoms with E-state index in [9.17, 15) is 14.7 Å². The molecule has 0 radical (unpaired) electrons. The molecule has 0 saturated heterocycles. The summed E-state index contributed by atoms with van der Waals surface area (Å²) >= 11 is 9.22. The van der Waals surface area contributed by atoms with Gasteiger partial charge >= 0.3 is 12.1 Å². The molecule has 3 aromatic carbocycles. The number of halogens is 2. The van der Waals surface area contributed by atoms with Crippen LogP contribution in [0.2, 0.25) is 5.02 Å². The van der Waals surface area contributed by atoms with Crippen molar-refractivity contribution in [1.82, 2.24) is 0 Å². The zero-order valence-electron chi connectivity index (χ0n) is 15.0. The summed E-state index contributed by atoms with van der Waals surface area (Å²) in [5.41, 5.74) is 4.44. The van der Waals surface area contributed by atoms with Crippen LogP contribution in [0.5, 0.6) is 0 Å². The summed E-state index contributed by atoms with van der Waals surface area (Å²) in [7, 11) is 0. The second-order valence-corrected chi connectivity index (χ2v) is 7.83. The number of fused-ring (bicyclic) bond motifs is 3. The first-order valence-corrected chi connectivity index (χ1v) is 9.97. The van der Waals surface area contributed by atoms with E-state index in [1.807, 2.05) is 36.4 Å². The monoisotopic (exact) mass is 471 g/mol. The number of amides is 1. The maximum Gasteiger partial charge on any atom is 0.411 e. The van der Waals surface area contributed by atoms with Crippen LogP contribution in [0, 0.1) is 0 Å². The van der Waals surface area contributed by atoms with E-state index in [4.69, 9.17) is 16.3 Å². The summed E-state index contributed by atoms with van der Waals surface area (Å²) in [6, 6.07) is 18.7. The fraction of sp³-hybridized carbons (Fsp3) is 0.0909. The normalized spacial score (nSPS) is 12.2. The molecule has 3 aromatic rings. The van der Waals surface area contributed by atoms with Crippen LogP contribution in [-0.4, -0.2) is 23.8 Å². The van der Waals surface area contributed by atoms with Gasteiger partial charge in [0, 0.05) is 10.4 Å². The van der Waals surface area contributed by atoms with E-state index in [1.165, 1.54) is 12.1 Å². The second kappa shape index (κ2) is 7.89. The maximum absolute atomic E-state index is 12.4. The molecule has 2 N–H and O–H groups in total. The lowest BCUT2D eigenvalue weighted by molar-refractivity contribution is 0.0698. The van der Waals surface area contributed by atoms with E-state index in [1.54, 1.807) is 0 Å². The summed E-state index contributed by atoms with van der Waals surface area (Å²) in [5, 5.41) is 12.1. The second-order valence-electron chi connectivity index (χ2n) is 6.57. The molecule has 0 bridgehead atoms. The molecule has 0 aliphatic heterocycles. The molecule has 5 nitrogen and oxygen atoms in total. The fourth-order valence-corrected chi connectivity index (χ4v) is 4.08. The van der Waals surface area contributed by atoms with Crippen molar-refractivity contribution in [2.75, 3.05) is 11.9 Å².